The van der Waals surface area contributed by atoms with Crippen molar-refractivity contribution in [2.75, 3.05) is 5.73 Å². The van der Waals surface area contributed by atoms with Crippen LogP contribution in [0.2, 0.25) is 0 Å². The lowest BCUT2D eigenvalue weighted by molar-refractivity contribution is 0.508. The molecule has 88 valence electrons. The van der Waals surface area contributed by atoms with E-state index in [1.807, 2.05) is 0 Å². The van der Waals surface area contributed by atoms with Crippen LogP contribution in [0.15, 0.2) is 30.3 Å². The van der Waals surface area contributed by atoms with Crippen molar-refractivity contribution in [2.45, 2.75) is 0 Å². The van der Waals surface area contributed by atoms with Gasteiger partial charge in [-0.15, -0.1) is 0 Å². The highest BCUT2D eigenvalue weighted by molar-refractivity contribution is 5.67. The van der Waals surface area contributed by atoms with E-state index in [-0.39, 0.29) is 11.3 Å². The Morgan fingerprint density at radius 2 is 1.29 bits per heavy atom. The first kappa shape index (κ1) is 11.4. The van der Waals surface area contributed by atoms with E-state index in [4.69, 9.17) is 5.73 Å². The van der Waals surface area contributed by atoms with Gasteiger partial charge in [0, 0.05) is 5.69 Å². The Morgan fingerprint density at radius 3 is 1.82 bits per heavy atom. The molecule has 0 unspecified atom stereocenters. The highest BCUT2D eigenvalue weighted by Gasteiger charge is 2.14. The van der Waals surface area contributed by atoms with Crippen molar-refractivity contribution >= 4 is 5.69 Å². The van der Waals surface area contributed by atoms with Gasteiger partial charge < -0.3 is 5.73 Å². The minimum atomic E-state index is -1.17. The third-order valence-electron chi connectivity index (χ3n) is 2.27. The Balaban J connectivity index is 2.64. The van der Waals surface area contributed by atoms with E-state index in [0.717, 1.165) is 30.3 Å². The molecule has 17 heavy (non-hydrogen) atoms. The molecular formula is C12H7F4N. The monoisotopic (exact) mass is 241 g/mol. The topological polar surface area (TPSA) is 26.0 Å². The number of benzene rings is 2. The minimum Gasteiger partial charge on any atom is -0.399 e. The Kier molecular flexibility index (Phi) is 2.75. The first-order valence-corrected chi connectivity index (χ1v) is 4.69. The maximum absolute atomic E-state index is 13.5. The molecule has 5 heteroatoms. The predicted octanol–water partition coefficient (Wildman–Crippen LogP) is 3.49. The van der Waals surface area contributed by atoms with Gasteiger partial charge >= 0.3 is 0 Å². The summed E-state index contributed by atoms with van der Waals surface area (Å²) in [4.78, 5) is 0. The number of hydrogen-bond acceptors (Lipinski definition) is 1. The summed E-state index contributed by atoms with van der Waals surface area (Å²) in [7, 11) is 0. The summed E-state index contributed by atoms with van der Waals surface area (Å²) in [5.74, 6) is -4.09. The Morgan fingerprint density at radius 1 is 0.706 bits per heavy atom. The number of anilines is 1. The third kappa shape index (κ3) is 2.08. The Labute approximate surface area is 94.5 Å². The van der Waals surface area contributed by atoms with Crippen LogP contribution in [-0.2, 0) is 0 Å². The fraction of sp³-hybridized carbons (Fsp3) is 0. The molecule has 0 amide bonds. The number of halogens is 4. The summed E-state index contributed by atoms with van der Waals surface area (Å²) in [6.07, 6.45) is 0. The second kappa shape index (κ2) is 4.08. The average molecular weight is 241 g/mol. The van der Waals surface area contributed by atoms with Crippen LogP contribution in [0.1, 0.15) is 0 Å². The highest BCUT2D eigenvalue weighted by Crippen LogP contribution is 2.28. The van der Waals surface area contributed by atoms with Crippen molar-refractivity contribution in [1.82, 2.24) is 0 Å². The lowest BCUT2D eigenvalue weighted by Gasteiger charge is -2.06. The lowest BCUT2D eigenvalue weighted by atomic mass is 10.0. The number of rotatable bonds is 1. The van der Waals surface area contributed by atoms with Gasteiger partial charge in [-0.2, -0.15) is 0 Å². The molecular weight excluding hydrogens is 234 g/mol. The Bertz CT molecular complexity index is 558. The molecule has 1 nitrogen and oxygen atoms in total. The molecule has 0 saturated carbocycles. The zero-order valence-corrected chi connectivity index (χ0v) is 8.48. The predicted molar refractivity (Wildman–Crippen MR) is 56.1 cm³/mol. The van der Waals surface area contributed by atoms with Crippen molar-refractivity contribution in [1.29, 1.82) is 0 Å². The van der Waals surface area contributed by atoms with Gasteiger partial charge in [0.2, 0.25) is 0 Å². The second-order valence-corrected chi connectivity index (χ2v) is 3.49. The summed E-state index contributed by atoms with van der Waals surface area (Å²) in [6, 6.07) is 4.46. The van der Waals surface area contributed by atoms with Crippen LogP contribution in [0, 0.1) is 23.3 Å². The van der Waals surface area contributed by atoms with E-state index >= 15 is 0 Å². The number of hydrogen-bond donors (Lipinski definition) is 1. The molecule has 2 aromatic carbocycles. The minimum absolute atomic E-state index is 0.0775. The summed E-state index contributed by atoms with van der Waals surface area (Å²) in [5, 5.41) is 0. The van der Waals surface area contributed by atoms with E-state index in [1.54, 1.807) is 0 Å². The van der Waals surface area contributed by atoms with Crippen molar-refractivity contribution in [3.63, 3.8) is 0 Å². The van der Waals surface area contributed by atoms with E-state index in [1.165, 1.54) is 0 Å². The summed E-state index contributed by atoms with van der Waals surface area (Å²) < 4.78 is 52.6. The van der Waals surface area contributed by atoms with Crippen LogP contribution in [0.25, 0.3) is 11.1 Å². The SMILES string of the molecule is Nc1cc(F)c(-c2ccc(F)c(F)c2)c(F)c1. The number of nitrogens with two attached hydrogens (primary N) is 1. The van der Waals surface area contributed by atoms with E-state index in [0.29, 0.717) is 0 Å². The van der Waals surface area contributed by atoms with Gasteiger partial charge in [0.25, 0.3) is 0 Å². The quantitative estimate of drug-likeness (QED) is 0.600. The molecule has 0 heterocycles. The molecule has 0 saturated heterocycles. The molecule has 0 aliphatic heterocycles. The van der Waals surface area contributed by atoms with Crippen LogP contribution < -0.4 is 5.73 Å². The van der Waals surface area contributed by atoms with Crippen LogP contribution in [-0.4, -0.2) is 0 Å². The zero-order chi connectivity index (χ0) is 12.6. The van der Waals surface area contributed by atoms with Gasteiger partial charge in [-0.3, -0.25) is 0 Å². The molecule has 0 atom stereocenters. The first-order chi connectivity index (χ1) is 7.99. The average Bonchev–Trinajstić information content (AvgIpc) is 2.21. The van der Waals surface area contributed by atoms with Crippen LogP contribution in [0.3, 0.4) is 0 Å². The summed E-state index contributed by atoms with van der Waals surface area (Å²) in [5.41, 5.74) is 4.65. The molecule has 0 fully saturated rings. The molecule has 0 spiro atoms. The van der Waals surface area contributed by atoms with Gasteiger partial charge in [-0.05, 0) is 29.8 Å². The van der Waals surface area contributed by atoms with Crippen LogP contribution >= 0.6 is 0 Å². The molecule has 0 aromatic heterocycles. The fourth-order valence-electron chi connectivity index (χ4n) is 1.52. The van der Waals surface area contributed by atoms with Crippen molar-refractivity contribution in [3.8, 4) is 11.1 Å². The van der Waals surface area contributed by atoms with Gasteiger partial charge in [0.1, 0.15) is 11.6 Å². The molecule has 0 aliphatic rings. The fourth-order valence-corrected chi connectivity index (χ4v) is 1.52. The van der Waals surface area contributed by atoms with Gasteiger partial charge in [-0.25, -0.2) is 17.6 Å². The lowest BCUT2D eigenvalue weighted by Crippen LogP contribution is -1.95. The standard InChI is InChI=1S/C12H7F4N/c13-8-2-1-6(3-9(8)14)12-10(15)4-7(17)5-11(12)16/h1-5H,17H2. The third-order valence-corrected chi connectivity index (χ3v) is 2.27. The second-order valence-electron chi connectivity index (χ2n) is 3.49. The zero-order valence-electron chi connectivity index (χ0n) is 8.48. The van der Waals surface area contributed by atoms with Gasteiger partial charge in [0.15, 0.2) is 11.6 Å². The van der Waals surface area contributed by atoms with Crippen molar-refractivity contribution in [2.24, 2.45) is 0 Å². The molecule has 2 aromatic rings. The Hall–Kier alpha value is -2.04. The maximum atomic E-state index is 13.5. The summed E-state index contributed by atoms with van der Waals surface area (Å²) in [6.45, 7) is 0. The maximum Gasteiger partial charge on any atom is 0.159 e. The number of nitrogen functional groups attached to an aromatic ring is 1. The van der Waals surface area contributed by atoms with Gasteiger partial charge in [-0.1, -0.05) is 6.07 Å². The van der Waals surface area contributed by atoms with Crippen LogP contribution in [0.5, 0.6) is 0 Å². The smallest absolute Gasteiger partial charge is 0.159 e. The normalized spacial score (nSPS) is 10.6. The van der Waals surface area contributed by atoms with Crippen LogP contribution in [0.4, 0.5) is 23.2 Å². The molecule has 0 radical (unpaired) electrons. The molecule has 0 bridgehead atoms. The molecule has 0 aliphatic carbocycles. The van der Waals surface area contributed by atoms with E-state index < -0.39 is 28.8 Å². The van der Waals surface area contributed by atoms with E-state index in [2.05, 4.69) is 0 Å². The van der Waals surface area contributed by atoms with Crippen molar-refractivity contribution in [3.05, 3.63) is 53.6 Å². The molecule has 2 N–H and O–H groups in total. The largest absolute Gasteiger partial charge is 0.399 e. The highest BCUT2D eigenvalue weighted by atomic mass is 19.2. The van der Waals surface area contributed by atoms with Gasteiger partial charge in [0.05, 0.1) is 5.56 Å². The van der Waals surface area contributed by atoms with Crippen molar-refractivity contribution < 1.29 is 17.6 Å². The van der Waals surface area contributed by atoms with E-state index in [9.17, 15) is 17.6 Å². The summed E-state index contributed by atoms with van der Waals surface area (Å²) >= 11 is 0. The molecule has 2 rings (SSSR count). The first-order valence-electron chi connectivity index (χ1n) is 4.69.